The van der Waals surface area contributed by atoms with Gasteiger partial charge in [0.15, 0.2) is 0 Å². The SMILES string of the molecule is CC(C)(C)C1CCC(OC(=O)c2ccc(-c3ccccc3)cc2)CC1. The van der Waals surface area contributed by atoms with Gasteiger partial charge in [-0.1, -0.05) is 63.2 Å². The number of carbonyl (C=O) groups is 1. The first-order valence-electron chi connectivity index (χ1n) is 9.30. The molecule has 0 heterocycles. The molecule has 0 N–H and O–H groups in total. The Morgan fingerprint density at radius 3 is 1.96 bits per heavy atom. The molecule has 2 aromatic carbocycles. The number of hydrogen-bond acceptors (Lipinski definition) is 2. The fourth-order valence-electron chi connectivity index (χ4n) is 3.70. The molecule has 2 nitrogen and oxygen atoms in total. The molecule has 25 heavy (non-hydrogen) atoms. The molecule has 2 heteroatoms. The predicted octanol–water partition coefficient (Wildman–Crippen LogP) is 6.12. The fourth-order valence-corrected chi connectivity index (χ4v) is 3.70. The first kappa shape index (κ1) is 17.7. The topological polar surface area (TPSA) is 26.3 Å². The molecule has 132 valence electrons. The Morgan fingerprint density at radius 2 is 1.40 bits per heavy atom. The zero-order valence-electron chi connectivity index (χ0n) is 15.5. The van der Waals surface area contributed by atoms with Crippen LogP contribution in [0.25, 0.3) is 11.1 Å². The molecular weight excluding hydrogens is 308 g/mol. The van der Waals surface area contributed by atoms with Gasteiger partial charge in [-0.15, -0.1) is 0 Å². The average Bonchev–Trinajstić information content (AvgIpc) is 2.62. The van der Waals surface area contributed by atoms with Crippen LogP contribution < -0.4 is 0 Å². The van der Waals surface area contributed by atoms with Crippen LogP contribution in [0.4, 0.5) is 0 Å². The minimum Gasteiger partial charge on any atom is -0.459 e. The maximum atomic E-state index is 12.4. The number of hydrogen-bond donors (Lipinski definition) is 0. The number of carbonyl (C=O) groups excluding carboxylic acids is 1. The molecule has 2 aromatic rings. The van der Waals surface area contributed by atoms with Crippen LogP contribution in [-0.2, 0) is 4.74 Å². The Kier molecular flexibility index (Phi) is 5.27. The Labute approximate surface area is 151 Å². The molecule has 0 spiro atoms. The van der Waals surface area contributed by atoms with Crippen molar-refractivity contribution in [1.29, 1.82) is 0 Å². The third-order valence-corrected chi connectivity index (χ3v) is 5.40. The van der Waals surface area contributed by atoms with E-state index in [0.717, 1.165) is 42.7 Å². The van der Waals surface area contributed by atoms with Gasteiger partial charge in [0.05, 0.1) is 5.56 Å². The summed E-state index contributed by atoms with van der Waals surface area (Å²) in [6, 6.07) is 17.9. The molecule has 1 saturated carbocycles. The summed E-state index contributed by atoms with van der Waals surface area (Å²) in [4.78, 5) is 12.4. The highest BCUT2D eigenvalue weighted by atomic mass is 16.5. The quantitative estimate of drug-likeness (QED) is 0.632. The van der Waals surface area contributed by atoms with Crippen molar-refractivity contribution in [2.45, 2.75) is 52.6 Å². The number of ether oxygens (including phenoxy) is 1. The average molecular weight is 336 g/mol. The molecule has 0 bridgehead atoms. The lowest BCUT2D eigenvalue weighted by atomic mass is 9.72. The second-order valence-corrected chi connectivity index (χ2v) is 8.19. The lowest BCUT2D eigenvalue weighted by Gasteiger charge is -2.36. The molecule has 1 aliphatic rings. The van der Waals surface area contributed by atoms with Crippen molar-refractivity contribution in [3.8, 4) is 11.1 Å². The van der Waals surface area contributed by atoms with E-state index in [4.69, 9.17) is 4.74 Å². The van der Waals surface area contributed by atoms with Crippen molar-refractivity contribution in [1.82, 2.24) is 0 Å². The summed E-state index contributed by atoms with van der Waals surface area (Å²) >= 11 is 0. The van der Waals surface area contributed by atoms with E-state index in [2.05, 4.69) is 32.9 Å². The van der Waals surface area contributed by atoms with E-state index < -0.39 is 0 Å². The molecule has 0 aliphatic heterocycles. The standard InChI is InChI=1S/C23H28O2/c1-23(2,3)20-13-15-21(16-14-20)25-22(24)19-11-9-18(10-12-19)17-7-5-4-6-8-17/h4-12,20-21H,13-16H2,1-3H3. The molecular formula is C23H28O2. The van der Waals surface area contributed by atoms with Crippen molar-refractivity contribution in [3.05, 3.63) is 60.2 Å². The molecule has 0 aromatic heterocycles. The highest BCUT2D eigenvalue weighted by Gasteiger charge is 2.31. The zero-order valence-corrected chi connectivity index (χ0v) is 15.5. The highest BCUT2D eigenvalue weighted by molar-refractivity contribution is 5.90. The lowest BCUT2D eigenvalue weighted by molar-refractivity contribution is 0.00930. The zero-order chi connectivity index (χ0) is 17.9. The van der Waals surface area contributed by atoms with Gasteiger partial charge in [0.1, 0.15) is 6.10 Å². The van der Waals surface area contributed by atoms with Crippen molar-refractivity contribution in [2.24, 2.45) is 11.3 Å². The van der Waals surface area contributed by atoms with E-state index in [1.807, 2.05) is 42.5 Å². The molecule has 0 saturated heterocycles. The highest BCUT2D eigenvalue weighted by Crippen LogP contribution is 2.38. The normalized spacial score (nSPS) is 20.9. The van der Waals surface area contributed by atoms with Gasteiger partial charge in [-0.25, -0.2) is 4.79 Å². The van der Waals surface area contributed by atoms with E-state index in [9.17, 15) is 4.79 Å². The van der Waals surface area contributed by atoms with Gasteiger partial charge < -0.3 is 4.74 Å². The third kappa shape index (κ3) is 4.50. The van der Waals surface area contributed by atoms with Gasteiger partial charge in [0, 0.05) is 0 Å². The summed E-state index contributed by atoms with van der Waals surface area (Å²) in [7, 11) is 0. The molecule has 1 aliphatic carbocycles. The maximum Gasteiger partial charge on any atom is 0.338 e. The summed E-state index contributed by atoms with van der Waals surface area (Å²) in [5.74, 6) is 0.534. The smallest absolute Gasteiger partial charge is 0.338 e. The first-order chi connectivity index (χ1) is 11.9. The first-order valence-corrected chi connectivity index (χ1v) is 9.30. The van der Waals surface area contributed by atoms with Crippen LogP contribution in [0.2, 0.25) is 0 Å². The van der Waals surface area contributed by atoms with Crippen LogP contribution in [0.15, 0.2) is 54.6 Å². The largest absolute Gasteiger partial charge is 0.459 e. The summed E-state index contributed by atoms with van der Waals surface area (Å²) in [6.45, 7) is 6.91. The monoisotopic (exact) mass is 336 g/mol. The second-order valence-electron chi connectivity index (χ2n) is 8.19. The molecule has 0 amide bonds. The van der Waals surface area contributed by atoms with Crippen molar-refractivity contribution in [2.75, 3.05) is 0 Å². The number of esters is 1. The Bertz CT molecular complexity index is 687. The molecule has 0 unspecified atom stereocenters. The van der Waals surface area contributed by atoms with Crippen LogP contribution >= 0.6 is 0 Å². The van der Waals surface area contributed by atoms with Crippen molar-refractivity contribution in [3.63, 3.8) is 0 Å². The lowest BCUT2D eigenvalue weighted by Crippen LogP contribution is -2.30. The summed E-state index contributed by atoms with van der Waals surface area (Å²) < 4.78 is 5.75. The van der Waals surface area contributed by atoms with Crippen LogP contribution in [0.1, 0.15) is 56.8 Å². The number of benzene rings is 2. The summed E-state index contributed by atoms with van der Waals surface area (Å²) in [5.41, 5.74) is 3.26. The van der Waals surface area contributed by atoms with Crippen molar-refractivity contribution >= 4 is 5.97 Å². The van der Waals surface area contributed by atoms with Crippen LogP contribution in [-0.4, -0.2) is 12.1 Å². The Morgan fingerprint density at radius 1 is 0.840 bits per heavy atom. The Hall–Kier alpha value is -2.09. The Balaban J connectivity index is 1.57. The van der Waals surface area contributed by atoms with Crippen LogP contribution in [0.3, 0.4) is 0 Å². The molecule has 1 fully saturated rings. The summed E-state index contributed by atoms with van der Waals surface area (Å²) in [5, 5.41) is 0. The predicted molar refractivity (Wildman–Crippen MR) is 102 cm³/mol. The molecule has 0 atom stereocenters. The van der Waals surface area contributed by atoms with Gasteiger partial charge in [-0.05, 0) is 60.3 Å². The minimum atomic E-state index is -0.196. The minimum absolute atomic E-state index is 0.0694. The maximum absolute atomic E-state index is 12.4. The van der Waals surface area contributed by atoms with Crippen LogP contribution in [0, 0.1) is 11.3 Å². The third-order valence-electron chi connectivity index (χ3n) is 5.40. The van der Waals surface area contributed by atoms with E-state index in [1.54, 1.807) is 0 Å². The van der Waals surface area contributed by atoms with E-state index in [0.29, 0.717) is 11.0 Å². The number of rotatable bonds is 3. The van der Waals surface area contributed by atoms with Gasteiger partial charge in [0.25, 0.3) is 0 Å². The van der Waals surface area contributed by atoms with E-state index in [1.165, 1.54) is 0 Å². The van der Waals surface area contributed by atoms with Gasteiger partial charge in [0.2, 0.25) is 0 Å². The van der Waals surface area contributed by atoms with E-state index in [-0.39, 0.29) is 12.1 Å². The fraction of sp³-hybridized carbons (Fsp3) is 0.435. The van der Waals surface area contributed by atoms with E-state index >= 15 is 0 Å². The van der Waals surface area contributed by atoms with Gasteiger partial charge in [-0.3, -0.25) is 0 Å². The molecule has 0 radical (unpaired) electrons. The van der Waals surface area contributed by atoms with Crippen molar-refractivity contribution < 1.29 is 9.53 Å². The van der Waals surface area contributed by atoms with Gasteiger partial charge in [-0.2, -0.15) is 0 Å². The summed E-state index contributed by atoms with van der Waals surface area (Å²) in [6.07, 6.45) is 4.33. The van der Waals surface area contributed by atoms with Crippen LogP contribution in [0.5, 0.6) is 0 Å². The second kappa shape index (κ2) is 7.43. The van der Waals surface area contributed by atoms with Gasteiger partial charge >= 0.3 is 5.97 Å². The molecule has 3 rings (SSSR count).